The Morgan fingerprint density at radius 1 is 1.24 bits per heavy atom. The van der Waals surface area contributed by atoms with Crippen molar-refractivity contribution in [2.45, 2.75) is 70.8 Å². The van der Waals surface area contributed by atoms with Gasteiger partial charge in [-0.2, -0.15) is 4.98 Å². The first-order valence-electron chi connectivity index (χ1n) is 11.9. The topological polar surface area (TPSA) is 85.5 Å². The SMILES string of the molecule is CCC(COCc1ccc(S(=O)(=O)CC)c(F)c1)CC1CCN(c2nc(C(C)C)no2)CC1. The first-order valence-corrected chi connectivity index (χ1v) is 13.6. The van der Waals surface area contributed by atoms with Crippen molar-refractivity contribution in [3.05, 3.63) is 35.4 Å². The van der Waals surface area contributed by atoms with Gasteiger partial charge in [-0.1, -0.05) is 45.3 Å². The fraction of sp³-hybridized carbons (Fsp3) is 0.667. The molecule has 0 spiro atoms. The van der Waals surface area contributed by atoms with E-state index in [1.807, 2.05) is 0 Å². The Kier molecular flexibility index (Phi) is 8.87. The maximum absolute atomic E-state index is 14.2. The number of sulfone groups is 1. The van der Waals surface area contributed by atoms with Crippen LogP contribution in [0.15, 0.2) is 27.6 Å². The number of nitrogens with zero attached hydrogens (tertiary/aromatic N) is 3. The number of aromatic nitrogens is 2. The van der Waals surface area contributed by atoms with Crippen molar-refractivity contribution >= 4 is 15.9 Å². The summed E-state index contributed by atoms with van der Waals surface area (Å²) < 4.78 is 49.3. The van der Waals surface area contributed by atoms with Crippen LogP contribution in [0.25, 0.3) is 0 Å². The summed E-state index contributed by atoms with van der Waals surface area (Å²) in [4.78, 5) is 6.43. The van der Waals surface area contributed by atoms with Gasteiger partial charge in [0.25, 0.3) is 0 Å². The second-order valence-electron chi connectivity index (χ2n) is 9.21. The van der Waals surface area contributed by atoms with Crippen LogP contribution in [0.4, 0.5) is 10.4 Å². The molecule has 2 heterocycles. The molecule has 1 fully saturated rings. The zero-order valence-electron chi connectivity index (χ0n) is 20.1. The summed E-state index contributed by atoms with van der Waals surface area (Å²) in [5, 5.41) is 4.06. The van der Waals surface area contributed by atoms with Gasteiger partial charge in [0.2, 0.25) is 0 Å². The third-order valence-electron chi connectivity index (χ3n) is 6.41. The van der Waals surface area contributed by atoms with Gasteiger partial charge in [-0.15, -0.1) is 0 Å². The Labute approximate surface area is 196 Å². The molecule has 1 aromatic heterocycles. The van der Waals surface area contributed by atoms with Crippen LogP contribution in [0.3, 0.4) is 0 Å². The Bertz CT molecular complexity index is 1000. The third-order valence-corrected chi connectivity index (χ3v) is 8.17. The molecule has 1 aliphatic rings. The number of ether oxygens (including phenoxy) is 1. The van der Waals surface area contributed by atoms with Crippen LogP contribution in [0.1, 0.15) is 70.7 Å². The van der Waals surface area contributed by atoms with Crippen LogP contribution in [0.5, 0.6) is 0 Å². The van der Waals surface area contributed by atoms with E-state index in [1.165, 1.54) is 19.1 Å². The maximum atomic E-state index is 14.2. The zero-order valence-corrected chi connectivity index (χ0v) is 20.9. The first kappa shape index (κ1) is 25.6. The van der Waals surface area contributed by atoms with Gasteiger partial charge in [0.1, 0.15) is 10.7 Å². The summed E-state index contributed by atoms with van der Waals surface area (Å²) in [5.41, 5.74) is 0.644. The molecule has 1 atom stereocenters. The summed E-state index contributed by atoms with van der Waals surface area (Å²) in [5.74, 6) is 1.23. The number of anilines is 1. The first-order chi connectivity index (χ1) is 15.7. The summed E-state index contributed by atoms with van der Waals surface area (Å²) in [6.07, 6.45) is 4.26. The molecule has 0 saturated carbocycles. The van der Waals surface area contributed by atoms with E-state index in [0.29, 0.717) is 30.0 Å². The molecular weight excluding hydrogens is 445 g/mol. The third kappa shape index (κ3) is 6.76. The summed E-state index contributed by atoms with van der Waals surface area (Å²) in [6.45, 7) is 10.5. The average Bonchev–Trinajstić information content (AvgIpc) is 3.29. The van der Waals surface area contributed by atoms with E-state index in [1.54, 1.807) is 6.07 Å². The molecular formula is C24H36FN3O4S. The second kappa shape index (κ2) is 11.4. The molecule has 1 saturated heterocycles. The van der Waals surface area contributed by atoms with Crippen LogP contribution in [-0.4, -0.2) is 44.0 Å². The highest BCUT2D eigenvalue weighted by Gasteiger charge is 2.25. The van der Waals surface area contributed by atoms with Gasteiger partial charge < -0.3 is 14.2 Å². The molecule has 0 radical (unpaired) electrons. The summed E-state index contributed by atoms with van der Waals surface area (Å²) >= 11 is 0. The van der Waals surface area contributed by atoms with Crippen molar-refractivity contribution in [1.82, 2.24) is 10.1 Å². The molecule has 1 aromatic carbocycles. The number of halogens is 1. The van der Waals surface area contributed by atoms with Crippen molar-refractivity contribution < 1.29 is 22.1 Å². The molecule has 0 bridgehead atoms. The molecule has 1 aliphatic heterocycles. The summed E-state index contributed by atoms with van der Waals surface area (Å²) in [7, 11) is -3.56. The number of hydrogen-bond acceptors (Lipinski definition) is 7. The predicted octanol–water partition coefficient (Wildman–Crippen LogP) is 4.98. The minimum absolute atomic E-state index is 0.120. The Hall–Kier alpha value is -2.00. The van der Waals surface area contributed by atoms with E-state index >= 15 is 0 Å². The monoisotopic (exact) mass is 481 g/mol. The quantitative estimate of drug-likeness (QED) is 0.448. The molecule has 1 unspecified atom stereocenters. The van der Waals surface area contributed by atoms with Gasteiger partial charge >= 0.3 is 6.01 Å². The van der Waals surface area contributed by atoms with Crippen molar-refractivity contribution in [3.63, 3.8) is 0 Å². The Morgan fingerprint density at radius 3 is 2.55 bits per heavy atom. The number of benzene rings is 1. The highest BCUT2D eigenvalue weighted by molar-refractivity contribution is 7.91. The largest absolute Gasteiger partial charge is 0.376 e. The molecule has 0 N–H and O–H groups in total. The van der Waals surface area contributed by atoms with Gasteiger partial charge in [0.05, 0.1) is 12.4 Å². The lowest BCUT2D eigenvalue weighted by molar-refractivity contribution is 0.0745. The van der Waals surface area contributed by atoms with E-state index in [9.17, 15) is 12.8 Å². The van der Waals surface area contributed by atoms with Crippen molar-refractivity contribution in [3.8, 4) is 0 Å². The van der Waals surface area contributed by atoms with E-state index in [-0.39, 0.29) is 23.2 Å². The summed E-state index contributed by atoms with van der Waals surface area (Å²) in [6, 6.07) is 4.86. The molecule has 184 valence electrons. The Morgan fingerprint density at radius 2 is 1.97 bits per heavy atom. The maximum Gasteiger partial charge on any atom is 0.324 e. The smallest absolute Gasteiger partial charge is 0.324 e. The van der Waals surface area contributed by atoms with E-state index < -0.39 is 15.7 Å². The van der Waals surface area contributed by atoms with Crippen molar-refractivity contribution in [2.24, 2.45) is 11.8 Å². The number of hydrogen-bond donors (Lipinski definition) is 0. The van der Waals surface area contributed by atoms with E-state index in [0.717, 1.165) is 44.6 Å². The molecule has 3 rings (SSSR count). The van der Waals surface area contributed by atoms with Crippen LogP contribution >= 0.6 is 0 Å². The second-order valence-corrected chi connectivity index (χ2v) is 11.5. The van der Waals surface area contributed by atoms with E-state index in [4.69, 9.17) is 9.26 Å². The van der Waals surface area contributed by atoms with Gasteiger partial charge in [-0.25, -0.2) is 12.8 Å². The van der Waals surface area contributed by atoms with Crippen molar-refractivity contribution in [1.29, 1.82) is 0 Å². The molecule has 2 aromatic rings. The lowest BCUT2D eigenvalue weighted by Gasteiger charge is -2.32. The van der Waals surface area contributed by atoms with Crippen LogP contribution in [0.2, 0.25) is 0 Å². The molecule has 0 amide bonds. The Balaban J connectivity index is 1.44. The predicted molar refractivity (Wildman–Crippen MR) is 126 cm³/mol. The molecule has 0 aliphatic carbocycles. The fourth-order valence-corrected chi connectivity index (χ4v) is 5.10. The van der Waals surface area contributed by atoms with Gasteiger partial charge in [-0.3, -0.25) is 0 Å². The highest BCUT2D eigenvalue weighted by Crippen LogP contribution is 2.29. The van der Waals surface area contributed by atoms with Gasteiger partial charge in [0.15, 0.2) is 15.7 Å². The van der Waals surface area contributed by atoms with Crippen LogP contribution < -0.4 is 4.90 Å². The molecule has 33 heavy (non-hydrogen) atoms. The number of rotatable bonds is 11. The lowest BCUT2D eigenvalue weighted by Crippen LogP contribution is -2.34. The fourth-order valence-electron chi connectivity index (χ4n) is 4.16. The molecule has 9 heteroatoms. The minimum Gasteiger partial charge on any atom is -0.376 e. The van der Waals surface area contributed by atoms with Gasteiger partial charge in [-0.05, 0) is 48.8 Å². The van der Waals surface area contributed by atoms with E-state index in [2.05, 4.69) is 35.8 Å². The van der Waals surface area contributed by atoms with Crippen LogP contribution in [-0.2, 0) is 21.2 Å². The lowest BCUT2D eigenvalue weighted by atomic mass is 9.86. The zero-order chi connectivity index (χ0) is 24.0. The molecule has 7 nitrogen and oxygen atoms in total. The average molecular weight is 482 g/mol. The van der Waals surface area contributed by atoms with Gasteiger partial charge in [0, 0.05) is 25.6 Å². The highest BCUT2D eigenvalue weighted by atomic mass is 32.2. The van der Waals surface area contributed by atoms with Crippen LogP contribution in [0, 0.1) is 17.7 Å². The normalized spacial score (nSPS) is 16.5. The standard InChI is InChI=1S/C24H36FN3O4S/c1-5-18(15-31-16-20-7-8-22(21(25)14-20)33(29,30)6-2)13-19-9-11-28(12-10-19)24-26-23(17(3)4)27-32-24/h7-8,14,17-19H,5-6,9-13,15-16H2,1-4H3. The number of piperidine rings is 1. The minimum atomic E-state index is -3.56. The van der Waals surface area contributed by atoms with Crippen molar-refractivity contribution in [2.75, 3.05) is 30.3 Å².